The highest BCUT2D eigenvalue weighted by Gasteiger charge is 2.13. The van der Waals surface area contributed by atoms with Gasteiger partial charge in [-0.15, -0.1) is 0 Å². The minimum Gasteiger partial charge on any atom is -0.481 e. The fourth-order valence-electron chi connectivity index (χ4n) is 2.12. The highest BCUT2D eigenvalue weighted by Crippen LogP contribution is 2.27. The van der Waals surface area contributed by atoms with Crippen LogP contribution in [0.2, 0.25) is 5.02 Å². The molecule has 2 rings (SSSR count). The number of aryl methyl sites for hydroxylation is 2. The van der Waals surface area contributed by atoms with Crippen molar-refractivity contribution in [2.24, 2.45) is 0 Å². The van der Waals surface area contributed by atoms with Crippen LogP contribution >= 0.6 is 11.6 Å². The lowest BCUT2D eigenvalue weighted by Crippen LogP contribution is -2.06. The Labute approximate surface area is 126 Å². The Hall–Kier alpha value is -2.01. The molecule has 0 radical (unpaired) electrons. The van der Waals surface area contributed by atoms with E-state index in [1.54, 1.807) is 13.8 Å². The Balaban J connectivity index is 2.41. The first-order chi connectivity index (χ1) is 9.88. The van der Waals surface area contributed by atoms with E-state index >= 15 is 0 Å². The number of aromatic nitrogens is 2. The number of benzene rings is 1. The number of rotatable bonds is 4. The fraction of sp³-hybridized carbons (Fsp3) is 0.267. The molecule has 4 nitrogen and oxygen atoms in total. The molecule has 110 valence electrons. The van der Waals surface area contributed by atoms with Gasteiger partial charge in [-0.2, -0.15) is 0 Å². The minimum atomic E-state index is -0.862. The highest BCUT2D eigenvalue weighted by molar-refractivity contribution is 6.33. The number of hydrogen-bond donors (Lipinski definition) is 1. The van der Waals surface area contributed by atoms with Crippen molar-refractivity contribution >= 4 is 17.6 Å². The summed E-state index contributed by atoms with van der Waals surface area (Å²) in [6.45, 7) is 3.60. The van der Waals surface area contributed by atoms with Gasteiger partial charge in [0.05, 0.1) is 5.02 Å². The number of halogens is 2. The van der Waals surface area contributed by atoms with Crippen molar-refractivity contribution < 1.29 is 14.3 Å². The van der Waals surface area contributed by atoms with Gasteiger partial charge in [0.15, 0.2) is 5.82 Å². The zero-order valence-electron chi connectivity index (χ0n) is 11.7. The normalized spacial score (nSPS) is 10.7. The van der Waals surface area contributed by atoms with E-state index in [1.807, 2.05) is 0 Å². The van der Waals surface area contributed by atoms with E-state index in [0.717, 1.165) is 5.56 Å². The molecule has 0 aliphatic heterocycles. The molecule has 1 heterocycles. The van der Waals surface area contributed by atoms with Gasteiger partial charge in [0.2, 0.25) is 0 Å². The van der Waals surface area contributed by atoms with Gasteiger partial charge in [-0.05, 0) is 44.0 Å². The molecule has 1 aromatic heterocycles. The SMILES string of the molecule is Cc1nc(-c2ccc(F)cc2Cl)nc(C)c1CCC(=O)O. The van der Waals surface area contributed by atoms with Crippen molar-refractivity contribution in [3.8, 4) is 11.4 Å². The Morgan fingerprint density at radius 1 is 1.29 bits per heavy atom. The van der Waals surface area contributed by atoms with E-state index in [2.05, 4.69) is 9.97 Å². The standard InChI is InChI=1S/C15H14ClFN2O2/c1-8-11(5-6-14(20)21)9(2)19-15(18-8)12-4-3-10(17)7-13(12)16/h3-4,7H,5-6H2,1-2H3,(H,20,21). The van der Waals surface area contributed by atoms with E-state index in [9.17, 15) is 9.18 Å². The molecule has 1 N–H and O–H groups in total. The van der Waals surface area contributed by atoms with E-state index in [1.165, 1.54) is 18.2 Å². The Morgan fingerprint density at radius 2 is 1.90 bits per heavy atom. The van der Waals surface area contributed by atoms with Gasteiger partial charge >= 0.3 is 5.97 Å². The third-order valence-electron chi connectivity index (χ3n) is 3.18. The van der Waals surface area contributed by atoms with Crippen LogP contribution in [0.3, 0.4) is 0 Å². The molecule has 0 aliphatic carbocycles. The smallest absolute Gasteiger partial charge is 0.303 e. The summed E-state index contributed by atoms with van der Waals surface area (Å²) >= 11 is 6.01. The molecule has 21 heavy (non-hydrogen) atoms. The lowest BCUT2D eigenvalue weighted by atomic mass is 10.1. The fourth-order valence-corrected chi connectivity index (χ4v) is 2.38. The molecule has 0 fully saturated rings. The second-order valence-corrected chi connectivity index (χ2v) is 5.12. The molecule has 0 bridgehead atoms. The van der Waals surface area contributed by atoms with Crippen molar-refractivity contribution in [1.82, 2.24) is 9.97 Å². The number of carboxylic acid groups (broad SMARTS) is 1. The number of carboxylic acids is 1. The van der Waals surface area contributed by atoms with Gasteiger partial charge < -0.3 is 5.11 Å². The Kier molecular flexibility index (Phi) is 4.53. The van der Waals surface area contributed by atoms with Crippen molar-refractivity contribution in [2.45, 2.75) is 26.7 Å². The predicted octanol–water partition coefficient (Wildman–Crippen LogP) is 3.57. The maximum atomic E-state index is 13.1. The zero-order valence-corrected chi connectivity index (χ0v) is 12.4. The van der Waals surface area contributed by atoms with Gasteiger partial charge in [0.1, 0.15) is 5.82 Å². The predicted molar refractivity (Wildman–Crippen MR) is 77.9 cm³/mol. The molecule has 0 saturated carbocycles. The van der Waals surface area contributed by atoms with Crippen LogP contribution in [-0.2, 0) is 11.2 Å². The maximum absolute atomic E-state index is 13.1. The summed E-state index contributed by atoms with van der Waals surface area (Å²) in [5.74, 6) is -0.871. The van der Waals surface area contributed by atoms with Crippen molar-refractivity contribution in [2.75, 3.05) is 0 Å². The second kappa shape index (κ2) is 6.18. The van der Waals surface area contributed by atoms with Crippen LogP contribution in [-0.4, -0.2) is 21.0 Å². The molecule has 0 saturated heterocycles. The summed E-state index contributed by atoms with van der Waals surface area (Å²) in [4.78, 5) is 19.4. The van der Waals surface area contributed by atoms with Crippen molar-refractivity contribution in [3.05, 3.63) is 46.0 Å². The van der Waals surface area contributed by atoms with Crippen LogP contribution in [0.25, 0.3) is 11.4 Å². The van der Waals surface area contributed by atoms with Crippen molar-refractivity contribution in [1.29, 1.82) is 0 Å². The summed E-state index contributed by atoms with van der Waals surface area (Å²) < 4.78 is 13.1. The number of carbonyl (C=O) groups is 1. The lowest BCUT2D eigenvalue weighted by Gasteiger charge is -2.11. The molecule has 0 aliphatic rings. The Morgan fingerprint density at radius 3 is 2.43 bits per heavy atom. The first kappa shape index (κ1) is 15.4. The second-order valence-electron chi connectivity index (χ2n) is 4.71. The molecule has 0 amide bonds. The highest BCUT2D eigenvalue weighted by atomic mass is 35.5. The minimum absolute atomic E-state index is 0.0295. The van der Waals surface area contributed by atoms with E-state index in [0.29, 0.717) is 29.2 Å². The average molecular weight is 309 g/mol. The zero-order chi connectivity index (χ0) is 15.6. The van der Waals surface area contributed by atoms with E-state index < -0.39 is 11.8 Å². The largest absolute Gasteiger partial charge is 0.481 e. The van der Waals surface area contributed by atoms with Gasteiger partial charge in [0.25, 0.3) is 0 Å². The third kappa shape index (κ3) is 3.55. The topological polar surface area (TPSA) is 63.1 Å². The third-order valence-corrected chi connectivity index (χ3v) is 3.49. The van der Waals surface area contributed by atoms with Crippen LogP contribution in [0.15, 0.2) is 18.2 Å². The summed E-state index contributed by atoms with van der Waals surface area (Å²) in [7, 11) is 0. The number of hydrogen-bond acceptors (Lipinski definition) is 3. The first-order valence-electron chi connectivity index (χ1n) is 6.40. The summed E-state index contributed by atoms with van der Waals surface area (Å²) in [6, 6.07) is 4.04. The Bertz CT molecular complexity index is 681. The molecule has 0 unspecified atom stereocenters. The van der Waals surface area contributed by atoms with Crippen LogP contribution in [0, 0.1) is 19.7 Å². The number of nitrogens with zero attached hydrogens (tertiary/aromatic N) is 2. The number of aliphatic carboxylic acids is 1. The first-order valence-corrected chi connectivity index (χ1v) is 6.77. The quantitative estimate of drug-likeness (QED) is 0.938. The van der Waals surface area contributed by atoms with Gasteiger partial charge in [-0.1, -0.05) is 11.6 Å². The molecular weight excluding hydrogens is 295 g/mol. The van der Waals surface area contributed by atoms with Crippen LogP contribution in [0.4, 0.5) is 4.39 Å². The van der Waals surface area contributed by atoms with Crippen molar-refractivity contribution in [3.63, 3.8) is 0 Å². The van der Waals surface area contributed by atoms with E-state index in [-0.39, 0.29) is 11.4 Å². The molecule has 0 spiro atoms. The van der Waals surface area contributed by atoms with Gasteiger partial charge in [-0.25, -0.2) is 14.4 Å². The molecule has 2 aromatic rings. The van der Waals surface area contributed by atoms with E-state index in [4.69, 9.17) is 16.7 Å². The summed E-state index contributed by atoms with van der Waals surface area (Å²) in [5.41, 5.74) is 2.78. The van der Waals surface area contributed by atoms with Crippen LogP contribution in [0.5, 0.6) is 0 Å². The average Bonchev–Trinajstić information content (AvgIpc) is 2.37. The maximum Gasteiger partial charge on any atom is 0.303 e. The lowest BCUT2D eigenvalue weighted by molar-refractivity contribution is -0.136. The molecular formula is C15H14ClFN2O2. The summed E-state index contributed by atoms with van der Waals surface area (Å²) in [5, 5.41) is 9.00. The van der Waals surface area contributed by atoms with Crippen LogP contribution < -0.4 is 0 Å². The molecule has 0 atom stereocenters. The summed E-state index contributed by atoms with van der Waals surface area (Å²) in [6.07, 6.45) is 0.409. The molecule has 1 aromatic carbocycles. The van der Waals surface area contributed by atoms with Crippen LogP contribution in [0.1, 0.15) is 23.4 Å². The van der Waals surface area contributed by atoms with Gasteiger partial charge in [0, 0.05) is 23.4 Å². The van der Waals surface area contributed by atoms with Gasteiger partial charge in [-0.3, -0.25) is 4.79 Å². The molecule has 6 heteroatoms. The monoisotopic (exact) mass is 308 g/mol.